The van der Waals surface area contributed by atoms with Crippen LogP contribution in [0.3, 0.4) is 0 Å². The van der Waals surface area contributed by atoms with Gasteiger partial charge in [0, 0.05) is 13.1 Å². The lowest BCUT2D eigenvalue weighted by molar-refractivity contribution is 0.0695. The standard InChI is InChI=1S/C15H16N4O4/c1-9-17-14(19-23-9)15(6-2-3-7-15)18-12(20)11-5-4-10(8-16-11)13(21)22/h4-5,8H,2-3,6-7H2,1H3,(H,18,20)(H,21,22). The van der Waals surface area contributed by atoms with E-state index in [1.54, 1.807) is 6.92 Å². The zero-order chi connectivity index (χ0) is 16.4. The number of aryl methyl sites for hydroxylation is 1. The van der Waals surface area contributed by atoms with Crippen molar-refractivity contribution < 1.29 is 19.2 Å². The zero-order valence-electron chi connectivity index (χ0n) is 12.6. The molecule has 2 aromatic heterocycles. The molecule has 0 unspecified atom stereocenters. The first-order valence-electron chi connectivity index (χ1n) is 7.33. The van der Waals surface area contributed by atoms with Gasteiger partial charge < -0.3 is 14.9 Å². The number of carboxylic acids is 1. The van der Waals surface area contributed by atoms with E-state index < -0.39 is 11.5 Å². The number of carboxylic acid groups (broad SMARTS) is 1. The van der Waals surface area contributed by atoms with Crippen LogP contribution in [0.5, 0.6) is 0 Å². The highest BCUT2D eigenvalue weighted by atomic mass is 16.5. The summed E-state index contributed by atoms with van der Waals surface area (Å²) in [5.74, 6) is -0.544. The predicted molar refractivity (Wildman–Crippen MR) is 77.8 cm³/mol. The fraction of sp³-hybridized carbons (Fsp3) is 0.400. The molecule has 8 heteroatoms. The molecule has 2 N–H and O–H groups in total. The molecule has 1 amide bonds. The summed E-state index contributed by atoms with van der Waals surface area (Å²) in [4.78, 5) is 31.5. The summed E-state index contributed by atoms with van der Waals surface area (Å²) in [5, 5.41) is 15.8. The first-order chi connectivity index (χ1) is 11.0. The molecule has 2 heterocycles. The van der Waals surface area contributed by atoms with E-state index in [0.29, 0.717) is 11.7 Å². The third-order valence-corrected chi connectivity index (χ3v) is 4.01. The van der Waals surface area contributed by atoms with Crippen LogP contribution >= 0.6 is 0 Å². The van der Waals surface area contributed by atoms with Crippen LogP contribution in [0.2, 0.25) is 0 Å². The summed E-state index contributed by atoms with van der Waals surface area (Å²) < 4.78 is 5.04. The number of amides is 1. The molecular formula is C15H16N4O4. The molecule has 23 heavy (non-hydrogen) atoms. The maximum Gasteiger partial charge on any atom is 0.337 e. The van der Waals surface area contributed by atoms with Gasteiger partial charge in [-0.25, -0.2) is 4.79 Å². The van der Waals surface area contributed by atoms with Gasteiger partial charge in [-0.1, -0.05) is 18.0 Å². The normalized spacial score (nSPS) is 16.2. The topological polar surface area (TPSA) is 118 Å². The van der Waals surface area contributed by atoms with E-state index in [-0.39, 0.29) is 17.2 Å². The van der Waals surface area contributed by atoms with Gasteiger partial charge in [0.25, 0.3) is 5.91 Å². The van der Waals surface area contributed by atoms with E-state index >= 15 is 0 Å². The van der Waals surface area contributed by atoms with Crippen molar-refractivity contribution in [2.75, 3.05) is 0 Å². The van der Waals surface area contributed by atoms with Crippen molar-refractivity contribution in [2.45, 2.75) is 38.1 Å². The SMILES string of the molecule is Cc1nc(C2(NC(=O)c3ccc(C(=O)O)cn3)CCCC2)no1. The van der Waals surface area contributed by atoms with Gasteiger partial charge in [-0.05, 0) is 25.0 Å². The number of carbonyl (C=O) groups excluding carboxylic acids is 1. The Bertz CT molecular complexity index is 732. The van der Waals surface area contributed by atoms with Gasteiger partial charge in [-0.15, -0.1) is 0 Å². The largest absolute Gasteiger partial charge is 0.478 e. The number of hydrogen-bond acceptors (Lipinski definition) is 6. The quantitative estimate of drug-likeness (QED) is 0.880. The predicted octanol–water partition coefficient (Wildman–Crippen LogP) is 1.67. The van der Waals surface area contributed by atoms with Crippen LogP contribution in [0.1, 0.15) is 58.2 Å². The number of hydrogen-bond donors (Lipinski definition) is 2. The van der Waals surface area contributed by atoms with Crippen molar-refractivity contribution in [1.82, 2.24) is 20.4 Å². The lowest BCUT2D eigenvalue weighted by Gasteiger charge is -2.26. The van der Waals surface area contributed by atoms with Gasteiger partial charge in [-0.3, -0.25) is 9.78 Å². The summed E-state index contributed by atoms with van der Waals surface area (Å²) in [7, 11) is 0. The van der Waals surface area contributed by atoms with Crippen molar-refractivity contribution in [3.8, 4) is 0 Å². The van der Waals surface area contributed by atoms with Crippen molar-refractivity contribution in [1.29, 1.82) is 0 Å². The molecule has 0 saturated heterocycles. The highest BCUT2D eigenvalue weighted by molar-refractivity contribution is 5.94. The lowest BCUT2D eigenvalue weighted by Crippen LogP contribution is -2.45. The van der Waals surface area contributed by atoms with E-state index in [9.17, 15) is 9.59 Å². The molecule has 1 saturated carbocycles. The van der Waals surface area contributed by atoms with Crippen LogP contribution in [0, 0.1) is 6.92 Å². The second-order valence-electron chi connectivity index (χ2n) is 5.62. The van der Waals surface area contributed by atoms with Gasteiger partial charge in [0.05, 0.1) is 5.56 Å². The fourth-order valence-electron chi connectivity index (χ4n) is 2.81. The molecule has 1 aliphatic carbocycles. The fourth-order valence-corrected chi connectivity index (χ4v) is 2.81. The Balaban J connectivity index is 1.83. The number of carbonyl (C=O) groups is 2. The van der Waals surface area contributed by atoms with E-state index in [0.717, 1.165) is 31.9 Å². The molecule has 0 atom stereocenters. The second kappa shape index (κ2) is 5.79. The van der Waals surface area contributed by atoms with Gasteiger partial charge in [-0.2, -0.15) is 4.98 Å². The minimum absolute atomic E-state index is 0.0333. The Hall–Kier alpha value is -2.77. The van der Waals surface area contributed by atoms with Crippen molar-refractivity contribution >= 4 is 11.9 Å². The number of aromatic nitrogens is 3. The molecule has 0 aliphatic heterocycles. The number of pyridine rings is 1. The Morgan fingerprint density at radius 2 is 2.04 bits per heavy atom. The maximum absolute atomic E-state index is 12.5. The molecular weight excluding hydrogens is 300 g/mol. The lowest BCUT2D eigenvalue weighted by atomic mass is 9.96. The number of aromatic carboxylic acids is 1. The maximum atomic E-state index is 12.5. The third kappa shape index (κ3) is 2.92. The smallest absolute Gasteiger partial charge is 0.337 e. The van der Waals surface area contributed by atoms with Crippen LogP contribution in [0.25, 0.3) is 0 Å². The molecule has 3 rings (SSSR count). The molecule has 8 nitrogen and oxygen atoms in total. The highest BCUT2D eigenvalue weighted by Crippen LogP contribution is 2.37. The summed E-state index contributed by atoms with van der Waals surface area (Å²) in [6, 6.07) is 2.74. The van der Waals surface area contributed by atoms with Gasteiger partial charge in [0.15, 0.2) is 5.82 Å². The minimum Gasteiger partial charge on any atom is -0.478 e. The van der Waals surface area contributed by atoms with Gasteiger partial charge in [0.1, 0.15) is 11.2 Å². The average Bonchev–Trinajstić information content (AvgIpc) is 3.17. The molecule has 0 bridgehead atoms. The summed E-state index contributed by atoms with van der Waals surface area (Å²) in [6.07, 6.45) is 4.53. The number of rotatable bonds is 4. The Morgan fingerprint density at radius 3 is 2.57 bits per heavy atom. The highest BCUT2D eigenvalue weighted by Gasteiger charge is 2.41. The van der Waals surface area contributed by atoms with Gasteiger partial charge >= 0.3 is 5.97 Å². The van der Waals surface area contributed by atoms with Crippen molar-refractivity contribution in [3.05, 3.63) is 41.3 Å². The Labute approximate surface area is 131 Å². The van der Waals surface area contributed by atoms with Crippen LogP contribution in [-0.2, 0) is 5.54 Å². The molecule has 120 valence electrons. The minimum atomic E-state index is -1.08. The molecule has 0 radical (unpaired) electrons. The van der Waals surface area contributed by atoms with Gasteiger partial charge in [0.2, 0.25) is 5.89 Å². The van der Waals surface area contributed by atoms with E-state index in [4.69, 9.17) is 9.63 Å². The van der Waals surface area contributed by atoms with Crippen molar-refractivity contribution in [3.63, 3.8) is 0 Å². The van der Waals surface area contributed by atoms with E-state index in [2.05, 4.69) is 20.4 Å². The van der Waals surface area contributed by atoms with Crippen LogP contribution < -0.4 is 5.32 Å². The van der Waals surface area contributed by atoms with Crippen LogP contribution in [0.4, 0.5) is 0 Å². The molecule has 2 aromatic rings. The Kier molecular flexibility index (Phi) is 3.81. The number of nitrogens with zero attached hydrogens (tertiary/aromatic N) is 3. The molecule has 0 aromatic carbocycles. The summed E-state index contributed by atoms with van der Waals surface area (Å²) in [5.41, 5.74) is -0.463. The zero-order valence-corrected chi connectivity index (χ0v) is 12.6. The molecule has 1 fully saturated rings. The van der Waals surface area contributed by atoms with E-state index in [1.807, 2.05) is 0 Å². The first kappa shape index (κ1) is 15.1. The molecule has 1 aliphatic rings. The van der Waals surface area contributed by atoms with Crippen LogP contribution in [-0.4, -0.2) is 32.1 Å². The Morgan fingerprint density at radius 1 is 1.30 bits per heavy atom. The summed E-state index contributed by atoms with van der Waals surface area (Å²) >= 11 is 0. The first-order valence-corrected chi connectivity index (χ1v) is 7.33. The average molecular weight is 316 g/mol. The third-order valence-electron chi connectivity index (χ3n) is 4.01. The summed E-state index contributed by atoms with van der Waals surface area (Å²) in [6.45, 7) is 1.70. The second-order valence-corrected chi connectivity index (χ2v) is 5.62. The number of nitrogens with one attached hydrogen (secondary N) is 1. The van der Waals surface area contributed by atoms with E-state index in [1.165, 1.54) is 12.1 Å². The van der Waals surface area contributed by atoms with Crippen molar-refractivity contribution in [2.24, 2.45) is 0 Å². The van der Waals surface area contributed by atoms with Crippen LogP contribution in [0.15, 0.2) is 22.9 Å². The molecule has 0 spiro atoms. The monoisotopic (exact) mass is 316 g/mol.